The Morgan fingerprint density at radius 3 is 2.67 bits per heavy atom. The standard InChI is InChI=1S/C12H22O3/c1-14-11-3-2-6-12(13,9-11)10-4-7-15-8-5-10/h10-11,13H,2-9H2,1H3. The minimum absolute atomic E-state index is 0.256. The monoisotopic (exact) mass is 214 g/mol. The number of hydrogen-bond donors (Lipinski definition) is 1. The first-order chi connectivity index (χ1) is 7.24. The zero-order valence-electron chi connectivity index (χ0n) is 9.58. The molecule has 0 aromatic rings. The highest BCUT2D eigenvalue weighted by atomic mass is 16.5. The summed E-state index contributed by atoms with van der Waals surface area (Å²) in [6.45, 7) is 1.62. The quantitative estimate of drug-likeness (QED) is 0.761. The van der Waals surface area contributed by atoms with E-state index in [-0.39, 0.29) is 6.10 Å². The Morgan fingerprint density at radius 2 is 2.00 bits per heavy atom. The van der Waals surface area contributed by atoms with Crippen molar-refractivity contribution in [2.45, 2.75) is 50.2 Å². The number of aliphatic hydroxyl groups is 1. The van der Waals surface area contributed by atoms with Gasteiger partial charge in [0.05, 0.1) is 11.7 Å². The molecular weight excluding hydrogens is 192 g/mol. The largest absolute Gasteiger partial charge is 0.389 e. The number of hydrogen-bond acceptors (Lipinski definition) is 3. The highest BCUT2D eigenvalue weighted by Crippen LogP contribution is 2.39. The zero-order valence-corrected chi connectivity index (χ0v) is 9.58. The topological polar surface area (TPSA) is 38.7 Å². The van der Waals surface area contributed by atoms with Gasteiger partial charge in [0.25, 0.3) is 0 Å². The van der Waals surface area contributed by atoms with Crippen LogP contribution in [-0.4, -0.2) is 37.1 Å². The Balaban J connectivity index is 1.97. The van der Waals surface area contributed by atoms with Gasteiger partial charge in [0.2, 0.25) is 0 Å². The van der Waals surface area contributed by atoms with E-state index >= 15 is 0 Å². The van der Waals surface area contributed by atoms with Crippen molar-refractivity contribution < 1.29 is 14.6 Å². The van der Waals surface area contributed by atoms with Gasteiger partial charge in [-0.15, -0.1) is 0 Å². The van der Waals surface area contributed by atoms with E-state index in [4.69, 9.17) is 9.47 Å². The van der Waals surface area contributed by atoms with E-state index in [1.807, 2.05) is 0 Å². The number of ether oxygens (including phenoxy) is 2. The van der Waals surface area contributed by atoms with E-state index < -0.39 is 5.60 Å². The van der Waals surface area contributed by atoms with Crippen molar-refractivity contribution in [1.29, 1.82) is 0 Å². The molecule has 1 N–H and O–H groups in total. The van der Waals surface area contributed by atoms with Crippen molar-refractivity contribution in [3.63, 3.8) is 0 Å². The molecule has 0 amide bonds. The average Bonchev–Trinajstić information content (AvgIpc) is 2.30. The molecule has 0 aromatic heterocycles. The molecule has 1 heterocycles. The Labute approximate surface area is 91.8 Å². The van der Waals surface area contributed by atoms with Gasteiger partial charge in [-0.3, -0.25) is 0 Å². The second kappa shape index (κ2) is 4.81. The van der Waals surface area contributed by atoms with Crippen molar-refractivity contribution in [3.05, 3.63) is 0 Å². The van der Waals surface area contributed by atoms with E-state index in [9.17, 15) is 5.11 Å². The van der Waals surface area contributed by atoms with Crippen LogP contribution in [0.25, 0.3) is 0 Å². The molecule has 2 atom stereocenters. The van der Waals surface area contributed by atoms with Gasteiger partial charge in [-0.05, 0) is 38.0 Å². The van der Waals surface area contributed by atoms with Crippen LogP contribution in [0.4, 0.5) is 0 Å². The average molecular weight is 214 g/mol. The van der Waals surface area contributed by atoms with Gasteiger partial charge in [0.1, 0.15) is 0 Å². The molecule has 0 radical (unpaired) electrons. The summed E-state index contributed by atoms with van der Waals surface area (Å²) < 4.78 is 10.7. The highest BCUT2D eigenvalue weighted by Gasteiger charge is 2.41. The molecular formula is C12H22O3. The first kappa shape index (κ1) is 11.4. The van der Waals surface area contributed by atoms with E-state index in [0.717, 1.165) is 51.7 Å². The summed E-state index contributed by atoms with van der Waals surface area (Å²) >= 11 is 0. The number of methoxy groups -OCH3 is 1. The fourth-order valence-electron chi connectivity index (χ4n) is 3.04. The normalized spacial score (nSPS) is 39.2. The van der Waals surface area contributed by atoms with Crippen LogP contribution in [0, 0.1) is 5.92 Å². The van der Waals surface area contributed by atoms with Crippen LogP contribution in [0.3, 0.4) is 0 Å². The molecule has 2 aliphatic rings. The maximum absolute atomic E-state index is 10.7. The first-order valence-electron chi connectivity index (χ1n) is 6.07. The molecule has 1 aliphatic carbocycles. The van der Waals surface area contributed by atoms with Crippen LogP contribution >= 0.6 is 0 Å². The molecule has 2 unspecified atom stereocenters. The van der Waals surface area contributed by atoms with Crippen LogP contribution in [0.15, 0.2) is 0 Å². The molecule has 0 bridgehead atoms. The first-order valence-corrected chi connectivity index (χ1v) is 6.07. The lowest BCUT2D eigenvalue weighted by atomic mass is 9.72. The van der Waals surface area contributed by atoms with Gasteiger partial charge in [-0.1, -0.05) is 0 Å². The lowest BCUT2D eigenvalue weighted by Crippen LogP contribution is -2.46. The van der Waals surface area contributed by atoms with E-state index in [1.165, 1.54) is 0 Å². The fourth-order valence-corrected chi connectivity index (χ4v) is 3.04. The Bertz CT molecular complexity index is 201. The molecule has 15 heavy (non-hydrogen) atoms. The molecule has 88 valence electrons. The van der Waals surface area contributed by atoms with Gasteiger partial charge in [-0.2, -0.15) is 0 Å². The molecule has 0 spiro atoms. The molecule has 1 saturated carbocycles. The Morgan fingerprint density at radius 1 is 1.27 bits per heavy atom. The third kappa shape index (κ3) is 2.52. The highest BCUT2D eigenvalue weighted by molar-refractivity contribution is 4.93. The SMILES string of the molecule is COC1CCCC(O)(C2CCOCC2)C1. The van der Waals surface area contributed by atoms with Gasteiger partial charge in [0.15, 0.2) is 0 Å². The summed E-state index contributed by atoms with van der Waals surface area (Å²) in [7, 11) is 1.75. The lowest BCUT2D eigenvalue weighted by Gasteiger charge is -2.43. The zero-order chi connectivity index (χ0) is 10.7. The van der Waals surface area contributed by atoms with Gasteiger partial charge in [-0.25, -0.2) is 0 Å². The molecule has 2 fully saturated rings. The third-order valence-corrected chi connectivity index (χ3v) is 4.03. The van der Waals surface area contributed by atoms with Crippen molar-refractivity contribution in [1.82, 2.24) is 0 Å². The van der Waals surface area contributed by atoms with E-state index in [1.54, 1.807) is 7.11 Å². The lowest BCUT2D eigenvalue weighted by molar-refractivity contribution is -0.117. The molecule has 0 aromatic carbocycles. The van der Waals surface area contributed by atoms with Crippen molar-refractivity contribution in [2.24, 2.45) is 5.92 Å². The minimum Gasteiger partial charge on any atom is -0.389 e. The second-order valence-electron chi connectivity index (χ2n) is 4.94. The van der Waals surface area contributed by atoms with E-state index in [0.29, 0.717) is 5.92 Å². The molecule has 1 aliphatic heterocycles. The van der Waals surface area contributed by atoms with Gasteiger partial charge < -0.3 is 14.6 Å². The van der Waals surface area contributed by atoms with Crippen molar-refractivity contribution in [2.75, 3.05) is 20.3 Å². The fraction of sp³-hybridized carbons (Fsp3) is 1.00. The second-order valence-corrected chi connectivity index (χ2v) is 4.94. The van der Waals surface area contributed by atoms with Crippen LogP contribution in [0.1, 0.15) is 38.5 Å². The predicted molar refractivity (Wildman–Crippen MR) is 57.8 cm³/mol. The van der Waals surface area contributed by atoms with Gasteiger partial charge >= 0.3 is 0 Å². The number of rotatable bonds is 2. The summed E-state index contributed by atoms with van der Waals surface area (Å²) in [4.78, 5) is 0. The van der Waals surface area contributed by atoms with Crippen LogP contribution in [0.5, 0.6) is 0 Å². The van der Waals surface area contributed by atoms with Crippen LogP contribution in [0.2, 0.25) is 0 Å². The molecule has 1 saturated heterocycles. The molecule has 2 rings (SSSR count). The predicted octanol–water partition coefficient (Wildman–Crippen LogP) is 1.73. The van der Waals surface area contributed by atoms with Gasteiger partial charge in [0, 0.05) is 26.7 Å². The summed E-state index contributed by atoms with van der Waals surface area (Å²) in [5, 5.41) is 10.7. The Kier molecular flexibility index (Phi) is 3.65. The summed E-state index contributed by atoms with van der Waals surface area (Å²) in [6, 6.07) is 0. The maximum Gasteiger partial charge on any atom is 0.0702 e. The van der Waals surface area contributed by atoms with Crippen molar-refractivity contribution >= 4 is 0 Å². The summed E-state index contributed by atoms with van der Waals surface area (Å²) in [6.07, 6.45) is 6.21. The molecule has 3 nitrogen and oxygen atoms in total. The summed E-state index contributed by atoms with van der Waals surface area (Å²) in [5.41, 5.74) is -0.483. The van der Waals surface area contributed by atoms with Crippen LogP contribution in [-0.2, 0) is 9.47 Å². The summed E-state index contributed by atoms with van der Waals surface area (Å²) in [5.74, 6) is 0.421. The van der Waals surface area contributed by atoms with Crippen LogP contribution < -0.4 is 0 Å². The molecule has 3 heteroatoms. The third-order valence-electron chi connectivity index (χ3n) is 4.03. The minimum atomic E-state index is -0.483. The maximum atomic E-state index is 10.7. The Hall–Kier alpha value is -0.120. The smallest absolute Gasteiger partial charge is 0.0702 e. The van der Waals surface area contributed by atoms with Crippen molar-refractivity contribution in [3.8, 4) is 0 Å². The van der Waals surface area contributed by atoms with E-state index in [2.05, 4.69) is 0 Å².